The number of morpholine rings is 1. The fourth-order valence-corrected chi connectivity index (χ4v) is 2.50. The van der Waals surface area contributed by atoms with Gasteiger partial charge in [0.1, 0.15) is 0 Å². The number of nitrogens with zero attached hydrogens (tertiary/aromatic N) is 2. The zero-order valence-corrected chi connectivity index (χ0v) is 11.6. The van der Waals surface area contributed by atoms with Gasteiger partial charge in [-0.2, -0.15) is 0 Å². The summed E-state index contributed by atoms with van der Waals surface area (Å²) >= 11 is 0. The summed E-state index contributed by atoms with van der Waals surface area (Å²) < 4.78 is 5.25. The molecular weight excluding hydrogens is 232 g/mol. The molecule has 2 aliphatic heterocycles. The van der Waals surface area contributed by atoms with Crippen LogP contribution in [0, 0.1) is 5.92 Å². The van der Waals surface area contributed by atoms with Crippen LogP contribution in [0.25, 0.3) is 0 Å². The van der Waals surface area contributed by atoms with Crippen LogP contribution in [0.3, 0.4) is 0 Å². The fraction of sp³-hybridized carbons (Fsp3) is 0.923. The van der Waals surface area contributed by atoms with Crippen LogP contribution < -0.4 is 0 Å². The monoisotopic (exact) mass is 256 g/mol. The number of ether oxygens (including phenoxy) is 1. The van der Waals surface area contributed by atoms with Crippen molar-refractivity contribution in [3.05, 3.63) is 0 Å². The summed E-state index contributed by atoms with van der Waals surface area (Å²) in [4.78, 5) is 16.2. The van der Waals surface area contributed by atoms with Gasteiger partial charge in [-0.15, -0.1) is 0 Å². The molecule has 18 heavy (non-hydrogen) atoms. The largest absolute Gasteiger partial charge is 0.387 e. The van der Waals surface area contributed by atoms with Crippen LogP contribution in [0.15, 0.2) is 0 Å². The SMILES string of the molecule is CC(C(=O)N1CCOCC1)N1CC(O)(C(C)C)C1. The summed E-state index contributed by atoms with van der Waals surface area (Å²) in [6.45, 7) is 9.80. The molecule has 0 radical (unpaired) electrons. The predicted molar refractivity (Wildman–Crippen MR) is 68.2 cm³/mol. The van der Waals surface area contributed by atoms with Crippen molar-refractivity contribution in [1.82, 2.24) is 9.80 Å². The molecule has 0 aromatic heterocycles. The second-order valence-electron chi connectivity index (χ2n) is 5.78. The van der Waals surface area contributed by atoms with E-state index >= 15 is 0 Å². The van der Waals surface area contributed by atoms with Gasteiger partial charge in [-0.1, -0.05) is 13.8 Å². The van der Waals surface area contributed by atoms with Crippen molar-refractivity contribution in [1.29, 1.82) is 0 Å². The molecular formula is C13H24N2O3. The number of aliphatic hydroxyl groups is 1. The van der Waals surface area contributed by atoms with Gasteiger partial charge in [0, 0.05) is 26.2 Å². The first-order valence-electron chi connectivity index (χ1n) is 6.77. The quantitative estimate of drug-likeness (QED) is 0.768. The van der Waals surface area contributed by atoms with Crippen LogP contribution in [-0.4, -0.2) is 71.8 Å². The molecule has 2 aliphatic rings. The Morgan fingerprint density at radius 2 is 1.78 bits per heavy atom. The van der Waals surface area contributed by atoms with E-state index in [1.807, 2.05) is 25.7 Å². The Hall–Kier alpha value is -0.650. The van der Waals surface area contributed by atoms with Gasteiger partial charge in [-0.25, -0.2) is 0 Å². The average molecular weight is 256 g/mol. The van der Waals surface area contributed by atoms with Gasteiger partial charge in [-0.05, 0) is 12.8 Å². The lowest BCUT2D eigenvalue weighted by atomic mass is 9.82. The summed E-state index contributed by atoms with van der Waals surface area (Å²) in [7, 11) is 0. The predicted octanol–water partition coefficient (Wildman–Crippen LogP) is -0.0636. The average Bonchev–Trinajstić information content (AvgIpc) is 2.34. The Kier molecular flexibility index (Phi) is 3.94. The molecule has 0 aliphatic carbocycles. The Morgan fingerprint density at radius 3 is 2.28 bits per heavy atom. The highest BCUT2D eigenvalue weighted by Gasteiger charge is 2.47. The molecule has 2 saturated heterocycles. The molecule has 1 N–H and O–H groups in total. The van der Waals surface area contributed by atoms with E-state index in [9.17, 15) is 9.90 Å². The highest BCUT2D eigenvalue weighted by molar-refractivity contribution is 5.81. The van der Waals surface area contributed by atoms with Crippen molar-refractivity contribution in [2.24, 2.45) is 5.92 Å². The van der Waals surface area contributed by atoms with Crippen LogP contribution in [0.2, 0.25) is 0 Å². The van der Waals surface area contributed by atoms with E-state index in [2.05, 4.69) is 4.90 Å². The number of β-amino-alcohol motifs (C(OH)–C–C–N with tert-alkyl or cyclic N) is 1. The maximum Gasteiger partial charge on any atom is 0.239 e. The first-order chi connectivity index (χ1) is 8.44. The van der Waals surface area contributed by atoms with Crippen molar-refractivity contribution < 1.29 is 14.6 Å². The van der Waals surface area contributed by atoms with Crippen LogP contribution in [0.5, 0.6) is 0 Å². The molecule has 2 heterocycles. The third-order valence-electron chi connectivity index (χ3n) is 4.26. The van der Waals surface area contributed by atoms with Gasteiger partial charge < -0.3 is 14.7 Å². The second kappa shape index (κ2) is 5.15. The first kappa shape index (κ1) is 13.8. The summed E-state index contributed by atoms with van der Waals surface area (Å²) in [5, 5.41) is 10.2. The highest BCUT2D eigenvalue weighted by atomic mass is 16.5. The molecule has 0 aromatic carbocycles. The third kappa shape index (κ3) is 2.53. The zero-order chi connectivity index (χ0) is 13.3. The molecule has 5 heteroatoms. The van der Waals surface area contributed by atoms with Crippen LogP contribution >= 0.6 is 0 Å². The molecule has 0 aromatic rings. The third-order valence-corrected chi connectivity index (χ3v) is 4.26. The molecule has 0 bridgehead atoms. The van der Waals surface area contributed by atoms with Gasteiger partial charge in [0.25, 0.3) is 0 Å². The normalized spacial score (nSPS) is 25.9. The molecule has 1 atom stereocenters. The maximum absolute atomic E-state index is 12.3. The number of rotatable bonds is 3. The lowest BCUT2D eigenvalue weighted by Crippen LogP contribution is -2.68. The van der Waals surface area contributed by atoms with Crippen LogP contribution in [0.4, 0.5) is 0 Å². The molecule has 1 unspecified atom stereocenters. The van der Waals surface area contributed by atoms with E-state index in [1.54, 1.807) is 0 Å². The lowest BCUT2D eigenvalue weighted by molar-refractivity contribution is -0.162. The summed E-state index contributed by atoms with van der Waals surface area (Å²) in [5.74, 6) is 0.392. The van der Waals surface area contributed by atoms with Gasteiger partial charge in [0.2, 0.25) is 5.91 Å². The Morgan fingerprint density at radius 1 is 1.22 bits per heavy atom. The number of likely N-dealkylation sites (tertiary alicyclic amines) is 1. The second-order valence-corrected chi connectivity index (χ2v) is 5.78. The van der Waals surface area contributed by atoms with Crippen molar-refractivity contribution in [2.75, 3.05) is 39.4 Å². The van der Waals surface area contributed by atoms with E-state index in [1.165, 1.54) is 0 Å². The topological polar surface area (TPSA) is 53.0 Å². The van der Waals surface area contributed by atoms with Gasteiger partial charge >= 0.3 is 0 Å². The number of hydrogen-bond donors (Lipinski definition) is 1. The molecule has 2 fully saturated rings. The van der Waals surface area contributed by atoms with E-state index in [4.69, 9.17) is 4.74 Å². The number of amides is 1. The van der Waals surface area contributed by atoms with Crippen molar-refractivity contribution >= 4 is 5.91 Å². The Labute approximate surface area is 109 Å². The first-order valence-corrected chi connectivity index (χ1v) is 6.77. The fourth-order valence-electron chi connectivity index (χ4n) is 2.50. The van der Waals surface area contributed by atoms with Crippen LogP contribution in [0.1, 0.15) is 20.8 Å². The van der Waals surface area contributed by atoms with Crippen molar-refractivity contribution in [2.45, 2.75) is 32.4 Å². The zero-order valence-electron chi connectivity index (χ0n) is 11.6. The van der Waals surface area contributed by atoms with Gasteiger partial charge in [0.15, 0.2) is 0 Å². The highest BCUT2D eigenvalue weighted by Crippen LogP contribution is 2.30. The smallest absolute Gasteiger partial charge is 0.239 e. The van der Waals surface area contributed by atoms with E-state index in [0.717, 1.165) is 0 Å². The van der Waals surface area contributed by atoms with E-state index in [-0.39, 0.29) is 17.9 Å². The van der Waals surface area contributed by atoms with Crippen molar-refractivity contribution in [3.8, 4) is 0 Å². The number of carbonyl (C=O) groups is 1. The molecule has 0 saturated carbocycles. The minimum absolute atomic E-state index is 0.137. The molecule has 1 amide bonds. The molecule has 104 valence electrons. The standard InChI is InChI=1S/C13H24N2O3/c1-10(2)13(17)8-15(9-13)11(3)12(16)14-4-6-18-7-5-14/h10-11,17H,4-9H2,1-3H3. The minimum Gasteiger partial charge on any atom is -0.387 e. The molecule has 5 nitrogen and oxygen atoms in total. The Balaban J connectivity index is 1.85. The van der Waals surface area contributed by atoms with E-state index in [0.29, 0.717) is 39.4 Å². The van der Waals surface area contributed by atoms with E-state index < -0.39 is 5.60 Å². The number of hydrogen-bond acceptors (Lipinski definition) is 4. The number of carbonyl (C=O) groups excluding carboxylic acids is 1. The summed E-state index contributed by atoms with van der Waals surface area (Å²) in [6, 6.07) is -0.137. The van der Waals surface area contributed by atoms with Crippen LogP contribution in [-0.2, 0) is 9.53 Å². The Bertz CT molecular complexity index is 307. The molecule has 0 spiro atoms. The van der Waals surface area contributed by atoms with Gasteiger partial charge in [-0.3, -0.25) is 9.69 Å². The van der Waals surface area contributed by atoms with Gasteiger partial charge in [0.05, 0.1) is 24.9 Å². The van der Waals surface area contributed by atoms with Crippen molar-refractivity contribution in [3.63, 3.8) is 0 Å². The maximum atomic E-state index is 12.3. The lowest BCUT2D eigenvalue weighted by Gasteiger charge is -2.51. The minimum atomic E-state index is -0.612. The summed E-state index contributed by atoms with van der Waals surface area (Å²) in [6.07, 6.45) is 0. The molecule has 2 rings (SSSR count). The summed E-state index contributed by atoms with van der Waals surface area (Å²) in [5.41, 5.74) is -0.612.